The van der Waals surface area contributed by atoms with Crippen LogP contribution >= 0.6 is 0 Å². The van der Waals surface area contributed by atoms with Crippen molar-refractivity contribution in [3.8, 4) is 0 Å². The fraction of sp³-hybridized carbons (Fsp3) is 0.750. The number of carbonyl (C=O) groups is 1. The van der Waals surface area contributed by atoms with Crippen LogP contribution in [0.3, 0.4) is 0 Å². The van der Waals surface area contributed by atoms with E-state index in [-0.39, 0.29) is 24.3 Å². The highest BCUT2D eigenvalue weighted by atomic mass is 32.2. The third-order valence-electron chi connectivity index (χ3n) is 3.23. The molecule has 9 heteroatoms. The lowest BCUT2D eigenvalue weighted by Crippen LogP contribution is -2.28. The molecule has 5 nitrogen and oxygen atoms in total. The number of hydrogen-bond donors (Lipinski definition) is 0. The Balaban J connectivity index is 3.07. The summed E-state index contributed by atoms with van der Waals surface area (Å²) in [6.45, 7) is 1.95. The number of hydrogen-bond acceptors (Lipinski definition) is 5. The Hall–Kier alpha value is -1.25. The molecule has 0 amide bonds. The third kappa shape index (κ3) is 4.36. The Bertz CT molecular complexity index is 522. The van der Waals surface area contributed by atoms with E-state index in [2.05, 4.69) is 8.92 Å². The van der Waals surface area contributed by atoms with Gasteiger partial charge in [0.1, 0.15) is 5.76 Å². The number of carbonyl (C=O) groups excluding carboxylic acids is 1. The minimum atomic E-state index is -5.77. The Morgan fingerprint density at radius 1 is 1.38 bits per heavy atom. The minimum Gasteiger partial charge on any atom is -0.466 e. The number of esters is 1. The average molecular weight is 330 g/mol. The zero-order valence-corrected chi connectivity index (χ0v) is 12.5. The fourth-order valence-electron chi connectivity index (χ4n) is 2.24. The molecular formula is C12H17F3O5S. The van der Waals surface area contributed by atoms with Gasteiger partial charge in [-0.25, -0.2) is 4.79 Å². The van der Waals surface area contributed by atoms with Gasteiger partial charge in [0, 0.05) is 6.42 Å². The van der Waals surface area contributed by atoms with Crippen LogP contribution in [0.2, 0.25) is 0 Å². The summed E-state index contributed by atoms with van der Waals surface area (Å²) < 4.78 is 67.8. The van der Waals surface area contributed by atoms with Gasteiger partial charge in [-0.05, 0) is 18.8 Å². The molecule has 21 heavy (non-hydrogen) atoms. The molecule has 1 aliphatic rings. The minimum absolute atomic E-state index is 0.0373. The number of allylic oxidation sites excluding steroid dienone is 1. The Morgan fingerprint density at radius 2 is 2.00 bits per heavy atom. The molecule has 122 valence electrons. The van der Waals surface area contributed by atoms with E-state index in [9.17, 15) is 26.4 Å². The van der Waals surface area contributed by atoms with Crippen molar-refractivity contribution in [3.05, 3.63) is 11.3 Å². The monoisotopic (exact) mass is 330 g/mol. The van der Waals surface area contributed by atoms with Crippen molar-refractivity contribution in [2.24, 2.45) is 5.92 Å². The summed E-state index contributed by atoms with van der Waals surface area (Å²) in [4.78, 5) is 11.6. The van der Waals surface area contributed by atoms with Crippen molar-refractivity contribution in [2.75, 3.05) is 7.11 Å². The van der Waals surface area contributed by atoms with Crippen LogP contribution < -0.4 is 0 Å². The Labute approximate surface area is 121 Å². The van der Waals surface area contributed by atoms with Crippen molar-refractivity contribution in [3.63, 3.8) is 0 Å². The standard InChI is InChI=1S/C12H17F3O5S/c1-3-4-8-5-6-10(9(7-8)11(16)19-2)20-21(17,18)12(13,14)15/h8H,3-7H2,1-2H3. The molecule has 0 radical (unpaired) electrons. The number of alkyl halides is 3. The van der Waals surface area contributed by atoms with Crippen LogP contribution in [0.15, 0.2) is 11.3 Å². The molecule has 0 aromatic carbocycles. The van der Waals surface area contributed by atoms with Gasteiger partial charge in [-0.1, -0.05) is 19.8 Å². The molecule has 0 spiro atoms. The van der Waals surface area contributed by atoms with E-state index >= 15 is 0 Å². The van der Waals surface area contributed by atoms with E-state index in [1.807, 2.05) is 6.92 Å². The van der Waals surface area contributed by atoms with Gasteiger partial charge in [-0.15, -0.1) is 0 Å². The fourth-order valence-corrected chi connectivity index (χ4v) is 2.78. The quantitative estimate of drug-likeness (QED) is 0.440. The Morgan fingerprint density at radius 3 is 2.48 bits per heavy atom. The van der Waals surface area contributed by atoms with Crippen LogP contribution in [0.25, 0.3) is 0 Å². The maximum Gasteiger partial charge on any atom is 0.534 e. The van der Waals surface area contributed by atoms with E-state index in [4.69, 9.17) is 0 Å². The number of ether oxygens (including phenoxy) is 1. The van der Waals surface area contributed by atoms with E-state index in [1.54, 1.807) is 0 Å². The summed E-state index contributed by atoms with van der Waals surface area (Å²) in [6.07, 6.45) is 2.24. The normalized spacial score (nSPS) is 20.3. The molecule has 0 bridgehead atoms. The predicted octanol–water partition coefficient (Wildman–Crippen LogP) is 2.88. The van der Waals surface area contributed by atoms with E-state index in [1.165, 1.54) is 0 Å². The highest BCUT2D eigenvalue weighted by molar-refractivity contribution is 7.87. The molecule has 0 aromatic heterocycles. The van der Waals surface area contributed by atoms with Gasteiger partial charge in [-0.2, -0.15) is 21.6 Å². The lowest BCUT2D eigenvalue weighted by Gasteiger charge is -2.25. The molecule has 0 heterocycles. The van der Waals surface area contributed by atoms with Gasteiger partial charge < -0.3 is 8.92 Å². The van der Waals surface area contributed by atoms with Crippen LogP contribution in [-0.4, -0.2) is 27.0 Å². The highest BCUT2D eigenvalue weighted by Crippen LogP contribution is 2.36. The van der Waals surface area contributed by atoms with Crippen LogP contribution in [0.4, 0.5) is 13.2 Å². The lowest BCUT2D eigenvalue weighted by molar-refractivity contribution is -0.136. The lowest BCUT2D eigenvalue weighted by atomic mass is 9.85. The first kappa shape index (κ1) is 17.8. The molecule has 1 aliphatic carbocycles. The predicted molar refractivity (Wildman–Crippen MR) is 67.4 cm³/mol. The first-order valence-corrected chi connectivity index (χ1v) is 7.84. The van der Waals surface area contributed by atoms with Crippen molar-refractivity contribution in [1.29, 1.82) is 0 Å². The highest BCUT2D eigenvalue weighted by Gasteiger charge is 2.49. The van der Waals surface area contributed by atoms with Crippen LogP contribution in [-0.2, 0) is 23.8 Å². The van der Waals surface area contributed by atoms with E-state index in [0.29, 0.717) is 6.42 Å². The van der Waals surface area contributed by atoms with Gasteiger partial charge in [-0.3, -0.25) is 0 Å². The molecule has 1 atom stereocenters. The average Bonchev–Trinajstić information content (AvgIpc) is 2.38. The topological polar surface area (TPSA) is 69.7 Å². The zero-order chi connectivity index (χ0) is 16.3. The van der Waals surface area contributed by atoms with Crippen LogP contribution in [0.1, 0.15) is 39.0 Å². The van der Waals surface area contributed by atoms with E-state index < -0.39 is 27.4 Å². The zero-order valence-electron chi connectivity index (χ0n) is 11.7. The largest absolute Gasteiger partial charge is 0.534 e. The summed E-state index contributed by atoms with van der Waals surface area (Å²) in [7, 11) is -4.69. The third-order valence-corrected chi connectivity index (χ3v) is 4.22. The second-order valence-corrected chi connectivity index (χ2v) is 6.31. The second-order valence-electron chi connectivity index (χ2n) is 4.77. The summed E-state index contributed by atoms with van der Waals surface area (Å²) in [5, 5.41) is 0. The first-order valence-electron chi connectivity index (χ1n) is 6.43. The van der Waals surface area contributed by atoms with E-state index in [0.717, 1.165) is 20.0 Å². The van der Waals surface area contributed by atoms with Crippen molar-refractivity contribution >= 4 is 16.1 Å². The van der Waals surface area contributed by atoms with Crippen LogP contribution in [0.5, 0.6) is 0 Å². The number of rotatable bonds is 5. The molecular weight excluding hydrogens is 313 g/mol. The second kappa shape index (κ2) is 6.67. The van der Waals surface area contributed by atoms with Gasteiger partial charge in [0.2, 0.25) is 0 Å². The van der Waals surface area contributed by atoms with Crippen LogP contribution in [0, 0.1) is 5.92 Å². The number of halogens is 3. The molecule has 1 rings (SSSR count). The maximum absolute atomic E-state index is 12.3. The Kier molecular flexibility index (Phi) is 5.66. The van der Waals surface area contributed by atoms with Gasteiger partial charge in [0.25, 0.3) is 0 Å². The van der Waals surface area contributed by atoms with Crippen molar-refractivity contribution < 1.29 is 35.3 Å². The molecule has 0 aromatic rings. The molecule has 0 fully saturated rings. The number of methoxy groups -OCH3 is 1. The van der Waals surface area contributed by atoms with Crippen molar-refractivity contribution in [2.45, 2.75) is 44.5 Å². The molecule has 0 aliphatic heterocycles. The summed E-state index contributed by atoms with van der Waals surface area (Å²) in [5.74, 6) is -1.22. The molecule has 0 saturated heterocycles. The van der Waals surface area contributed by atoms with Crippen molar-refractivity contribution in [1.82, 2.24) is 0 Å². The SMILES string of the molecule is CCCC1CCC(OS(=O)(=O)C(F)(F)F)=C(C(=O)OC)C1. The molecule has 0 saturated carbocycles. The maximum atomic E-state index is 12.3. The molecule has 1 unspecified atom stereocenters. The summed E-state index contributed by atoms with van der Waals surface area (Å²) in [6, 6.07) is 0. The smallest absolute Gasteiger partial charge is 0.466 e. The molecule has 0 N–H and O–H groups in total. The summed E-state index contributed by atoms with van der Waals surface area (Å²) >= 11 is 0. The first-order chi connectivity index (χ1) is 9.62. The van der Waals surface area contributed by atoms with Gasteiger partial charge >= 0.3 is 21.6 Å². The van der Waals surface area contributed by atoms with Gasteiger partial charge in [0.15, 0.2) is 0 Å². The van der Waals surface area contributed by atoms with Gasteiger partial charge in [0.05, 0.1) is 12.7 Å². The summed E-state index contributed by atoms with van der Waals surface area (Å²) in [5.41, 5.74) is -5.66.